The van der Waals surface area contributed by atoms with E-state index in [9.17, 15) is 9.90 Å². The summed E-state index contributed by atoms with van der Waals surface area (Å²) in [6.45, 7) is 3.83. The summed E-state index contributed by atoms with van der Waals surface area (Å²) in [5.74, 6) is -0.224. The van der Waals surface area contributed by atoms with Crippen molar-refractivity contribution in [3.63, 3.8) is 0 Å². The lowest BCUT2D eigenvalue weighted by Crippen LogP contribution is -2.41. The Bertz CT molecular complexity index is 624. The molecule has 1 aromatic carbocycles. The maximum atomic E-state index is 12.3. The average molecular weight is 319 g/mol. The first-order chi connectivity index (χ1) is 10.6. The lowest BCUT2D eigenvalue weighted by atomic mass is 10.2. The summed E-state index contributed by atoms with van der Waals surface area (Å²) in [4.78, 5) is 12.3. The van der Waals surface area contributed by atoms with Crippen LogP contribution in [0.25, 0.3) is 5.69 Å². The SMILES string of the molecule is CSC(CO)C(C)NC(=O)c1cc(C)n(-c2ccccc2)n1. The van der Waals surface area contributed by atoms with Crippen molar-refractivity contribution in [2.24, 2.45) is 0 Å². The van der Waals surface area contributed by atoms with Crippen LogP contribution in [0.2, 0.25) is 0 Å². The van der Waals surface area contributed by atoms with Crippen LogP contribution in [0.3, 0.4) is 0 Å². The van der Waals surface area contributed by atoms with Gasteiger partial charge in [-0.25, -0.2) is 4.68 Å². The van der Waals surface area contributed by atoms with Crippen molar-refractivity contribution in [1.82, 2.24) is 15.1 Å². The van der Waals surface area contributed by atoms with E-state index in [4.69, 9.17) is 0 Å². The Kier molecular flexibility index (Phi) is 5.63. The molecule has 2 rings (SSSR count). The van der Waals surface area contributed by atoms with Crippen molar-refractivity contribution in [2.45, 2.75) is 25.1 Å². The van der Waals surface area contributed by atoms with Gasteiger partial charge in [0, 0.05) is 17.0 Å². The van der Waals surface area contributed by atoms with Crippen LogP contribution in [-0.2, 0) is 0 Å². The number of hydrogen-bond acceptors (Lipinski definition) is 4. The van der Waals surface area contributed by atoms with E-state index in [2.05, 4.69) is 10.4 Å². The van der Waals surface area contributed by atoms with Crippen LogP contribution >= 0.6 is 11.8 Å². The predicted molar refractivity (Wildman–Crippen MR) is 89.6 cm³/mol. The first-order valence-corrected chi connectivity index (χ1v) is 8.42. The lowest BCUT2D eigenvalue weighted by molar-refractivity contribution is 0.0930. The zero-order valence-corrected chi connectivity index (χ0v) is 13.8. The molecule has 0 aliphatic heterocycles. The van der Waals surface area contributed by atoms with Crippen LogP contribution < -0.4 is 5.32 Å². The number of aromatic nitrogens is 2. The normalized spacial score (nSPS) is 13.6. The Balaban J connectivity index is 2.15. The quantitative estimate of drug-likeness (QED) is 0.855. The number of nitrogens with one attached hydrogen (secondary N) is 1. The van der Waals surface area contributed by atoms with E-state index in [1.807, 2.05) is 50.4 Å². The monoisotopic (exact) mass is 319 g/mol. The summed E-state index contributed by atoms with van der Waals surface area (Å²) in [6, 6.07) is 11.3. The summed E-state index contributed by atoms with van der Waals surface area (Å²) in [5.41, 5.74) is 2.20. The van der Waals surface area contributed by atoms with Crippen molar-refractivity contribution in [3.8, 4) is 5.69 Å². The van der Waals surface area contributed by atoms with Crippen molar-refractivity contribution in [1.29, 1.82) is 0 Å². The molecule has 0 radical (unpaired) electrons. The van der Waals surface area contributed by atoms with Gasteiger partial charge in [0.25, 0.3) is 5.91 Å². The van der Waals surface area contributed by atoms with Gasteiger partial charge in [0.05, 0.1) is 12.3 Å². The van der Waals surface area contributed by atoms with Crippen molar-refractivity contribution < 1.29 is 9.90 Å². The van der Waals surface area contributed by atoms with E-state index >= 15 is 0 Å². The molecule has 2 N–H and O–H groups in total. The van der Waals surface area contributed by atoms with Gasteiger partial charge < -0.3 is 10.4 Å². The number of aliphatic hydroxyl groups excluding tert-OH is 1. The molecule has 1 amide bonds. The number of aryl methyl sites for hydroxylation is 1. The van der Waals surface area contributed by atoms with Gasteiger partial charge in [0.1, 0.15) is 0 Å². The molecule has 6 heteroatoms. The van der Waals surface area contributed by atoms with Crippen LogP contribution in [0.15, 0.2) is 36.4 Å². The summed E-state index contributed by atoms with van der Waals surface area (Å²) >= 11 is 1.53. The molecule has 0 saturated heterocycles. The van der Waals surface area contributed by atoms with Gasteiger partial charge >= 0.3 is 0 Å². The summed E-state index contributed by atoms with van der Waals surface area (Å²) < 4.78 is 1.75. The standard InChI is InChI=1S/C16H21N3O2S/c1-11-9-14(16(21)17-12(2)15(10-20)22-3)18-19(11)13-7-5-4-6-8-13/h4-9,12,15,20H,10H2,1-3H3,(H,17,21). The molecule has 2 unspecified atom stereocenters. The first kappa shape index (κ1) is 16.6. The van der Waals surface area contributed by atoms with Gasteiger partial charge in [-0.3, -0.25) is 4.79 Å². The summed E-state index contributed by atoms with van der Waals surface area (Å²) in [5, 5.41) is 16.5. The topological polar surface area (TPSA) is 67.2 Å². The van der Waals surface area contributed by atoms with E-state index in [0.717, 1.165) is 11.4 Å². The highest BCUT2D eigenvalue weighted by atomic mass is 32.2. The Morgan fingerprint density at radius 3 is 2.68 bits per heavy atom. The van der Waals surface area contributed by atoms with Gasteiger partial charge in [0.2, 0.25) is 0 Å². The number of aliphatic hydroxyl groups is 1. The summed E-state index contributed by atoms with van der Waals surface area (Å²) in [6.07, 6.45) is 1.91. The minimum absolute atomic E-state index is 0.0266. The number of hydrogen-bond donors (Lipinski definition) is 2. The van der Waals surface area contributed by atoms with E-state index in [0.29, 0.717) is 5.69 Å². The maximum Gasteiger partial charge on any atom is 0.272 e. The Morgan fingerprint density at radius 2 is 2.09 bits per heavy atom. The van der Waals surface area contributed by atoms with E-state index < -0.39 is 0 Å². The second kappa shape index (κ2) is 7.47. The van der Waals surface area contributed by atoms with E-state index in [1.54, 1.807) is 10.7 Å². The number of para-hydroxylation sites is 1. The zero-order chi connectivity index (χ0) is 16.1. The molecule has 0 fully saturated rings. The highest BCUT2D eigenvalue weighted by Gasteiger charge is 2.20. The smallest absolute Gasteiger partial charge is 0.272 e. The minimum Gasteiger partial charge on any atom is -0.395 e. The van der Waals surface area contributed by atoms with Gasteiger partial charge in [-0.05, 0) is 38.3 Å². The molecular weight excluding hydrogens is 298 g/mol. The highest BCUT2D eigenvalue weighted by Crippen LogP contribution is 2.13. The van der Waals surface area contributed by atoms with Crippen LogP contribution in [0.5, 0.6) is 0 Å². The second-order valence-corrected chi connectivity index (χ2v) is 6.21. The second-order valence-electron chi connectivity index (χ2n) is 5.14. The molecule has 0 aliphatic rings. The van der Waals surface area contributed by atoms with Gasteiger partial charge in [-0.2, -0.15) is 16.9 Å². The molecule has 0 aliphatic carbocycles. The molecule has 5 nitrogen and oxygen atoms in total. The third-order valence-electron chi connectivity index (χ3n) is 3.52. The molecular formula is C16H21N3O2S. The Morgan fingerprint density at radius 1 is 1.41 bits per heavy atom. The van der Waals surface area contributed by atoms with Crippen LogP contribution in [-0.4, -0.2) is 44.9 Å². The molecule has 1 aromatic heterocycles. The zero-order valence-electron chi connectivity index (χ0n) is 13.0. The van der Waals surface area contributed by atoms with E-state index in [1.165, 1.54) is 11.8 Å². The van der Waals surface area contributed by atoms with Crippen LogP contribution in [0.4, 0.5) is 0 Å². The Hall–Kier alpha value is -1.79. The number of amides is 1. The summed E-state index contributed by atoms with van der Waals surface area (Å²) in [7, 11) is 0. The molecule has 2 aromatic rings. The number of carbonyl (C=O) groups is 1. The molecule has 118 valence electrons. The fourth-order valence-corrected chi connectivity index (χ4v) is 2.85. The van der Waals surface area contributed by atoms with Crippen molar-refractivity contribution in [3.05, 3.63) is 47.8 Å². The predicted octanol–water partition coefficient (Wildman–Crippen LogP) is 2.02. The van der Waals surface area contributed by atoms with Crippen LogP contribution in [0, 0.1) is 6.92 Å². The molecule has 0 spiro atoms. The fraction of sp³-hybridized carbons (Fsp3) is 0.375. The van der Waals surface area contributed by atoms with Crippen molar-refractivity contribution >= 4 is 17.7 Å². The number of rotatable bonds is 6. The Labute approximate surface area is 134 Å². The van der Waals surface area contributed by atoms with Gasteiger partial charge in [0.15, 0.2) is 5.69 Å². The molecule has 22 heavy (non-hydrogen) atoms. The minimum atomic E-state index is -0.224. The largest absolute Gasteiger partial charge is 0.395 e. The van der Waals surface area contributed by atoms with Gasteiger partial charge in [-0.15, -0.1) is 0 Å². The third-order valence-corrected chi connectivity index (χ3v) is 4.68. The molecule has 0 bridgehead atoms. The molecule has 2 atom stereocenters. The average Bonchev–Trinajstić information content (AvgIpc) is 2.91. The lowest BCUT2D eigenvalue weighted by Gasteiger charge is -2.20. The maximum absolute atomic E-state index is 12.3. The number of nitrogens with zero attached hydrogens (tertiary/aromatic N) is 2. The molecule has 0 saturated carbocycles. The third kappa shape index (κ3) is 3.69. The van der Waals surface area contributed by atoms with Gasteiger partial charge in [-0.1, -0.05) is 18.2 Å². The highest BCUT2D eigenvalue weighted by molar-refractivity contribution is 7.99. The molecule has 1 heterocycles. The number of thioether (sulfide) groups is 1. The number of carbonyl (C=O) groups excluding carboxylic acids is 1. The number of benzene rings is 1. The fourth-order valence-electron chi connectivity index (χ4n) is 2.23. The first-order valence-electron chi connectivity index (χ1n) is 7.13. The van der Waals surface area contributed by atoms with E-state index in [-0.39, 0.29) is 23.8 Å². The van der Waals surface area contributed by atoms with Crippen LogP contribution in [0.1, 0.15) is 23.1 Å². The van der Waals surface area contributed by atoms with Crippen molar-refractivity contribution in [2.75, 3.05) is 12.9 Å².